The maximum atomic E-state index is 11.9. The van der Waals surface area contributed by atoms with Crippen LogP contribution < -0.4 is 0 Å². The largest absolute Gasteiger partial charge is 0.381 e. The summed E-state index contributed by atoms with van der Waals surface area (Å²) < 4.78 is 0. The molecule has 2 aromatic rings. The summed E-state index contributed by atoms with van der Waals surface area (Å²) in [6.45, 7) is 0. The summed E-state index contributed by atoms with van der Waals surface area (Å²) in [6.07, 6.45) is -0.770. The molecule has 0 saturated heterocycles. The Kier molecular flexibility index (Phi) is 3.68. The first-order valence-corrected chi connectivity index (χ1v) is 5.57. The summed E-state index contributed by atoms with van der Waals surface area (Å²) in [5, 5.41) is 9.90. The van der Waals surface area contributed by atoms with Gasteiger partial charge in [-0.1, -0.05) is 60.7 Å². The van der Waals surface area contributed by atoms with Gasteiger partial charge in [0.25, 0.3) is 0 Å². The zero-order valence-electron chi connectivity index (χ0n) is 9.41. The molecule has 0 fully saturated rings. The molecule has 2 nitrogen and oxygen atoms in total. The number of aliphatic hydroxyl groups excluding tert-OH is 1. The highest BCUT2D eigenvalue weighted by Crippen LogP contribution is 2.15. The molecule has 2 heteroatoms. The lowest BCUT2D eigenvalue weighted by molar-refractivity contribution is -0.126. The maximum Gasteiger partial charge on any atom is 0.170 e. The van der Waals surface area contributed by atoms with Crippen LogP contribution >= 0.6 is 0 Å². The highest BCUT2D eigenvalue weighted by Gasteiger charge is 2.16. The lowest BCUT2D eigenvalue weighted by Gasteiger charge is -2.09. The van der Waals surface area contributed by atoms with Gasteiger partial charge >= 0.3 is 0 Å². The van der Waals surface area contributed by atoms with Crippen molar-refractivity contribution in [3.63, 3.8) is 0 Å². The highest BCUT2D eigenvalue weighted by molar-refractivity contribution is 5.86. The molecule has 0 spiro atoms. The third-order valence-corrected chi connectivity index (χ3v) is 2.64. The molecular weight excluding hydrogens is 212 g/mol. The highest BCUT2D eigenvalue weighted by atomic mass is 16.3. The summed E-state index contributed by atoms with van der Waals surface area (Å²) in [5.74, 6) is -0.178. The van der Waals surface area contributed by atoms with Gasteiger partial charge in [0.2, 0.25) is 0 Å². The summed E-state index contributed by atoms with van der Waals surface area (Å²) in [4.78, 5) is 11.9. The fourth-order valence-corrected chi connectivity index (χ4v) is 1.71. The number of carbonyl (C=O) groups excluding carboxylic acids is 1. The molecule has 0 aromatic heterocycles. The number of ketones is 1. The van der Waals surface area contributed by atoms with Crippen LogP contribution in [0.25, 0.3) is 0 Å². The van der Waals surface area contributed by atoms with Crippen molar-refractivity contribution in [2.24, 2.45) is 0 Å². The molecule has 1 N–H and O–H groups in total. The number of hydrogen-bond acceptors (Lipinski definition) is 2. The van der Waals surface area contributed by atoms with Gasteiger partial charge < -0.3 is 5.11 Å². The molecule has 0 radical (unpaired) electrons. The standard InChI is InChI=1S/C15H14O2/c16-14(11-12-7-3-1-4-8-12)15(17)13-9-5-2-6-10-13/h1-10,15,17H,11H2/t15-/m1/s1. The van der Waals surface area contributed by atoms with E-state index in [1.807, 2.05) is 48.5 Å². The van der Waals surface area contributed by atoms with E-state index < -0.39 is 6.10 Å². The number of carbonyl (C=O) groups is 1. The second kappa shape index (κ2) is 5.41. The van der Waals surface area contributed by atoms with Crippen LogP contribution in [0.5, 0.6) is 0 Å². The van der Waals surface area contributed by atoms with Crippen molar-refractivity contribution in [2.45, 2.75) is 12.5 Å². The quantitative estimate of drug-likeness (QED) is 0.869. The molecule has 2 rings (SSSR count). The first-order valence-electron chi connectivity index (χ1n) is 5.57. The Bertz CT molecular complexity index is 477. The summed E-state index contributed by atoms with van der Waals surface area (Å²) in [5.41, 5.74) is 1.57. The first kappa shape index (κ1) is 11.6. The molecule has 86 valence electrons. The van der Waals surface area contributed by atoms with E-state index in [2.05, 4.69) is 0 Å². The Balaban J connectivity index is 2.06. The van der Waals surface area contributed by atoms with Crippen molar-refractivity contribution in [3.8, 4) is 0 Å². The predicted molar refractivity (Wildman–Crippen MR) is 66.6 cm³/mol. The van der Waals surface area contributed by atoms with E-state index in [0.29, 0.717) is 5.56 Å². The minimum atomic E-state index is -1.03. The molecule has 0 amide bonds. The topological polar surface area (TPSA) is 37.3 Å². The monoisotopic (exact) mass is 226 g/mol. The van der Waals surface area contributed by atoms with Crippen LogP contribution in [0.1, 0.15) is 17.2 Å². The Morgan fingerprint density at radius 1 is 0.941 bits per heavy atom. The van der Waals surface area contributed by atoms with Crippen LogP contribution in [0.3, 0.4) is 0 Å². The van der Waals surface area contributed by atoms with Gasteiger partial charge in [0, 0.05) is 6.42 Å². The van der Waals surface area contributed by atoms with Crippen LogP contribution in [0.4, 0.5) is 0 Å². The van der Waals surface area contributed by atoms with Gasteiger partial charge in [-0.3, -0.25) is 4.79 Å². The molecule has 0 aliphatic carbocycles. The van der Waals surface area contributed by atoms with Gasteiger partial charge in [-0.25, -0.2) is 0 Å². The van der Waals surface area contributed by atoms with Crippen molar-refractivity contribution >= 4 is 5.78 Å². The molecule has 2 aromatic carbocycles. The molecule has 0 heterocycles. The minimum absolute atomic E-state index is 0.178. The Labute approximate surface area is 101 Å². The number of benzene rings is 2. The molecule has 0 aliphatic heterocycles. The van der Waals surface area contributed by atoms with E-state index in [0.717, 1.165) is 5.56 Å². The maximum absolute atomic E-state index is 11.9. The van der Waals surface area contributed by atoms with Crippen molar-refractivity contribution in [1.82, 2.24) is 0 Å². The second-order valence-electron chi connectivity index (χ2n) is 3.94. The fourth-order valence-electron chi connectivity index (χ4n) is 1.71. The number of hydrogen-bond donors (Lipinski definition) is 1. The molecule has 1 atom stereocenters. The van der Waals surface area contributed by atoms with Crippen molar-refractivity contribution in [3.05, 3.63) is 71.8 Å². The van der Waals surface area contributed by atoms with Gasteiger partial charge in [0.1, 0.15) is 6.10 Å². The van der Waals surface area contributed by atoms with Gasteiger partial charge in [0.15, 0.2) is 5.78 Å². The summed E-state index contributed by atoms with van der Waals surface area (Å²) in [7, 11) is 0. The van der Waals surface area contributed by atoms with Crippen LogP contribution in [0, 0.1) is 0 Å². The summed E-state index contributed by atoms with van der Waals surface area (Å²) >= 11 is 0. The fraction of sp³-hybridized carbons (Fsp3) is 0.133. The van der Waals surface area contributed by atoms with Gasteiger partial charge in [-0.15, -0.1) is 0 Å². The van der Waals surface area contributed by atoms with E-state index in [1.54, 1.807) is 12.1 Å². The van der Waals surface area contributed by atoms with E-state index in [9.17, 15) is 9.90 Å². The van der Waals surface area contributed by atoms with E-state index in [4.69, 9.17) is 0 Å². The van der Waals surface area contributed by atoms with Crippen molar-refractivity contribution in [1.29, 1.82) is 0 Å². The van der Waals surface area contributed by atoms with E-state index >= 15 is 0 Å². The van der Waals surface area contributed by atoms with Crippen LogP contribution in [-0.4, -0.2) is 10.9 Å². The first-order chi connectivity index (χ1) is 8.27. The van der Waals surface area contributed by atoms with Crippen LogP contribution in [-0.2, 0) is 11.2 Å². The van der Waals surface area contributed by atoms with Crippen LogP contribution in [0.15, 0.2) is 60.7 Å². The molecule has 0 unspecified atom stereocenters. The van der Waals surface area contributed by atoms with E-state index in [-0.39, 0.29) is 12.2 Å². The lowest BCUT2D eigenvalue weighted by atomic mass is 10.0. The summed E-state index contributed by atoms with van der Waals surface area (Å²) in [6, 6.07) is 18.4. The third kappa shape index (κ3) is 3.02. The Morgan fingerprint density at radius 3 is 2.06 bits per heavy atom. The molecular formula is C15H14O2. The Morgan fingerprint density at radius 2 is 1.47 bits per heavy atom. The zero-order valence-corrected chi connectivity index (χ0v) is 9.41. The lowest BCUT2D eigenvalue weighted by Crippen LogP contribution is -2.14. The molecule has 0 saturated carbocycles. The minimum Gasteiger partial charge on any atom is -0.381 e. The van der Waals surface area contributed by atoms with Gasteiger partial charge in [-0.05, 0) is 11.1 Å². The van der Waals surface area contributed by atoms with Gasteiger partial charge in [0.05, 0.1) is 0 Å². The SMILES string of the molecule is O=C(Cc1ccccc1)[C@H](O)c1ccccc1. The second-order valence-corrected chi connectivity index (χ2v) is 3.94. The average Bonchev–Trinajstić information content (AvgIpc) is 2.40. The molecule has 17 heavy (non-hydrogen) atoms. The number of aliphatic hydroxyl groups is 1. The zero-order chi connectivity index (χ0) is 12.1. The van der Waals surface area contributed by atoms with Crippen LogP contribution in [0.2, 0.25) is 0 Å². The van der Waals surface area contributed by atoms with Gasteiger partial charge in [-0.2, -0.15) is 0 Å². The third-order valence-electron chi connectivity index (χ3n) is 2.64. The normalized spacial score (nSPS) is 12.1. The average molecular weight is 226 g/mol. The predicted octanol–water partition coefficient (Wildman–Crippen LogP) is 2.53. The van der Waals surface area contributed by atoms with E-state index in [1.165, 1.54) is 0 Å². The molecule has 0 aliphatic rings. The molecule has 0 bridgehead atoms. The van der Waals surface area contributed by atoms with Crippen molar-refractivity contribution < 1.29 is 9.90 Å². The smallest absolute Gasteiger partial charge is 0.170 e. The van der Waals surface area contributed by atoms with Crippen molar-refractivity contribution in [2.75, 3.05) is 0 Å². The Hall–Kier alpha value is -1.93. The number of rotatable bonds is 4. The number of Topliss-reactive ketones (excluding diaryl/α,β-unsaturated/α-hetero) is 1.